The molecule has 4 aromatic rings. The number of fused-ring (bicyclic) bond motifs is 1. The second kappa shape index (κ2) is 12.0. The van der Waals surface area contributed by atoms with E-state index in [4.69, 9.17) is 17.3 Å². The number of nitrogens with two attached hydrogens (primary N) is 1. The maximum atomic E-state index is 14.0. The van der Waals surface area contributed by atoms with Gasteiger partial charge in [-0.2, -0.15) is 13.2 Å². The van der Waals surface area contributed by atoms with E-state index in [0.717, 1.165) is 35.5 Å². The number of aromatic nitrogens is 1. The highest BCUT2D eigenvalue weighted by molar-refractivity contribution is 6.31. The Morgan fingerprint density at radius 1 is 1.05 bits per heavy atom. The van der Waals surface area contributed by atoms with Crippen molar-refractivity contribution in [1.82, 2.24) is 14.8 Å². The lowest BCUT2D eigenvalue weighted by atomic mass is 10.0. The van der Waals surface area contributed by atoms with Gasteiger partial charge in [-0.25, -0.2) is 4.98 Å². The van der Waals surface area contributed by atoms with Crippen LogP contribution in [0.3, 0.4) is 0 Å². The number of hydrogen-bond acceptors (Lipinski definition) is 5. The average Bonchev–Trinajstić information content (AvgIpc) is 2.94. The molecule has 1 fully saturated rings. The molecule has 0 radical (unpaired) electrons. The quantitative estimate of drug-likeness (QED) is 0.277. The number of pyridine rings is 1. The predicted molar refractivity (Wildman–Crippen MR) is 160 cm³/mol. The number of carbonyl (C=O) groups excluding carboxylic acids is 1. The SMILES string of the molecule is Cc1ccc(C(=O)Nc2ccc(CN3CCN(C)CC3)c(C(F)(F)F)c2)cc1C#Cc1c(N)ncc2ccc(Cl)cc12. The van der Waals surface area contributed by atoms with E-state index in [0.29, 0.717) is 29.2 Å². The molecule has 1 aliphatic rings. The van der Waals surface area contributed by atoms with E-state index in [9.17, 15) is 18.0 Å². The maximum absolute atomic E-state index is 14.0. The van der Waals surface area contributed by atoms with Gasteiger partial charge in [-0.15, -0.1) is 0 Å². The molecular weight excluding hydrogens is 563 g/mol. The van der Waals surface area contributed by atoms with Crippen LogP contribution in [0.15, 0.2) is 60.8 Å². The zero-order chi connectivity index (χ0) is 30.0. The van der Waals surface area contributed by atoms with Gasteiger partial charge in [0.1, 0.15) is 5.82 Å². The fraction of sp³-hybridized carbons (Fsp3) is 0.250. The number of aryl methyl sites for hydroxylation is 1. The van der Waals surface area contributed by atoms with E-state index in [1.807, 2.05) is 24.9 Å². The number of rotatable bonds is 4. The van der Waals surface area contributed by atoms with Gasteiger partial charge >= 0.3 is 6.18 Å². The summed E-state index contributed by atoms with van der Waals surface area (Å²) in [5.74, 6) is 5.84. The summed E-state index contributed by atoms with van der Waals surface area (Å²) in [4.78, 5) is 21.5. The van der Waals surface area contributed by atoms with E-state index < -0.39 is 17.6 Å². The Morgan fingerprint density at radius 3 is 2.55 bits per heavy atom. The predicted octanol–water partition coefficient (Wildman–Crippen LogP) is 6.20. The highest BCUT2D eigenvalue weighted by Gasteiger charge is 2.34. The number of carbonyl (C=O) groups is 1. The van der Waals surface area contributed by atoms with Crippen LogP contribution in [0, 0.1) is 18.8 Å². The lowest BCUT2D eigenvalue weighted by Gasteiger charge is -2.33. The number of piperazine rings is 1. The van der Waals surface area contributed by atoms with Gasteiger partial charge in [0.15, 0.2) is 0 Å². The summed E-state index contributed by atoms with van der Waals surface area (Å²) in [7, 11) is 1.99. The van der Waals surface area contributed by atoms with Gasteiger partial charge in [0.25, 0.3) is 5.91 Å². The second-order valence-corrected chi connectivity index (χ2v) is 10.9. The summed E-state index contributed by atoms with van der Waals surface area (Å²) in [6, 6.07) is 14.2. The van der Waals surface area contributed by atoms with Gasteiger partial charge in [-0.1, -0.05) is 41.6 Å². The van der Waals surface area contributed by atoms with Crippen LogP contribution in [0.25, 0.3) is 10.8 Å². The normalized spacial score (nSPS) is 14.4. The van der Waals surface area contributed by atoms with Crippen molar-refractivity contribution >= 4 is 39.8 Å². The molecule has 2 heterocycles. The fourth-order valence-electron chi connectivity index (χ4n) is 4.86. The van der Waals surface area contributed by atoms with Crippen LogP contribution in [0.1, 0.15) is 38.2 Å². The Morgan fingerprint density at radius 2 is 1.81 bits per heavy atom. The molecule has 0 atom stereocenters. The standard InChI is InChI=1S/C32H29ClF3N5O/c1-20-3-4-22(15-21(20)7-10-27-28-16-25(33)8-5-23(28)18-38-30(27)37)31(42)39-26-9-6-24(29(17-26)32(34,35)36)19-41-13-11-40(2)12-14-41/h3-6,8-9,15-18H,11-14,19H2,1-2H3,(H2,37,38)(H,39,42). The Labute approximate surface area is 247 Å². The minimum Gasteiger partial charge on any atom is -0.383 e. The lowest BCUT2D eigenvalue weighted by Crippen LogP contribution is -2.44. The Hall–Kier alpha value is -4.10. The summed E-state index contributed by atoms with van der Waals surface area (Å²) in [5, 5.41) is 4.73. The molecule has 0 unspecified atom stereocenters. The lowest BCUT2D eigenvalue weighted by molar-refractivity contribution is -0.138. The molecule has 1 saturated heterocycles. The number of halogens is 4. The largest absolute Gasteiger partial charge is 0.416 e. The topological polar surface area (TPSA) is 74.5 Å². The van der Waals surface area contributed by atoms with E-state index in [1.54, 1.807) is 36.5 Å². The number of amides is 1. The van der Waals surface area contributed by atoms with Crippen molar-refractivity contribution in [3.05, 3.63) is 99.2 Å². The van der Waals surface area contributed by atoms with Crippen LogP contribution >= 0.6 is 11.6 Å². The molecule has 6 nitrogen and oxygen atoms in total. The molecule has 0 spiro atoms. The van der Waals surface area contributed by atoms with Gasteiger partial charge in [0.05, 0.1) is 11.1 Å². The molecule has 0 aliphatic carbocycles. The Balaban J connectivity index is 1.39. The minimum absolute atomic E-state index is 0.0640. The van der Waals surface area contributed by atoms with E-state index in [1.165, 1.54) is 12.1 Å². The number of hydrogen-bond donors (Lipinski definition) is 2. The Kier molecular flexibility index (Phi) is 8.41. The van der Waals surface area contributed by atoms with Crippen molar-refractivity contribution in [3.8, 4) is 11.8 Å². The van der Waals surface area contributed by atoms with E-state index >= 15 is 0 Å². The van der Waals surface area contributed by atoms with Crippen LogP contribution in [-0.4, -0.2) is 53.9 Å². The van der Waals surface area contributed by atoms with Gasteiger partial charge < -0.3 is 16.0 Å². The molecule has 1 aliphatic heterocycles. The highest BCUT2D eigenvalue weighted by Crippen LogP contribution is 2.35. The number of nitrogens with zero attached hydrogens (tertiary/aromatic N) is 3. The first-order chi connectivity index (χ1) is 20.0. The second-order valence-electron chi connectivity index (χ2n) is 10.4. The number of nitrogen functional groups attached to an aromatic ring is 1. The summed E-state index contributed by atoms with van der Waals surface area (Å²) >= 11 is 6.18. The summed E-state index contributed by atoms with van der Waals surface area (Å²) in [6.45, 7) is 5.05. The van der Waals surface area contributed by atoms with Crippen molar-refractivity contribution in [3.63, 3.8) is 0 Å². The molecule has 5 rings (SSSR count). The number of benzene rings is 3. The highest BCUT2D eigenvalue weighted by atomic mass is 35.5. The molecule has 3 N–H and O–H groups in total. The third kappa shape index (κ3) is 6.68. The third-order valence-corrected chi connectivity index (χ3v) is 7.60. The molecule has 3 aromatic carbocycles. The van der Waals surface area contributed by atoms with Crippen LogP contribution in [0.5, 0.6) is 0 Å². The van der Waals surface area contributed by atoms with Crippen molar-refractivity contribution < 1.29 is 18.0 Å². The van der Waals surface area contributed by atoms with Crippen LogP contribution < -0.4 is 11.1 Å². The first kappa shape index (κ1) is 29.4. The molecule has 10 heteroatoms. The zero-order valence-corrected chi connectivity index (χ0v) is 23.9. The number of alkyl halides is 3. The number of anilines is 2. The summed E-state index contributed by atoms with van der Waals surface area (Å²) < 4.78 is 42.0. The van der Waals surface area contributed by atoms with E-state index in [-0.39, 0.29) is 29.2 Å². The summed E-state index contributed by atoms with van der Waals surface area (Å²) in [5.41, 5.74) is 7.76. The molecule has 1 amide bonds. The van der Waals surface area contributed by atoms with Crippen molar-refractivity contribution in [2.45, 2.75) is 19.6 Å². The van der Waals surface area contributed by atoms with Crippen LogP contribution in [0.4, 0.5) is 24.7 Å². The van der Waals surface area contributed by atoms with Crippen LogP contribution in [0.2, 0.25) is 5.02 Å². The van der Waals surface area contributed by atoms with E-state index in [2.05, 4.69) is 27.0 Å². The van der Waals surface area contributed by atoms with Crippen LogP contribution in [-0.2, 0) is 12.7 Å². The monoisotopic (exact) mass is 591 g/mol. The average molecular weight is 592 g/mol. The molecule has 216 valence electrons. The van der Waals surface area contributed by atoms with Crippen molar-refractivity contribution in [2.75, 3.05) is 44.3 Å². The Bertz CT molecular complexity index is 1710. The maximum Gasteiger partial charge on any atom is 0.416 e. The van der Waals surface area contributed by atoms with Crippen molar-refractivity contribution in [2.24, 2.45) is 0 Å². The van der Waals surface area contributed by atoms with Gasteiger partial charge in [0.2, 0.25) is 0 Å². The molecular formula is C32H29ClF3N5O. The van der Waals surface area contributed by atoms with Gasteiger partial charge in [0, 0.05) is 71.5 Å². The molecule has 0 saturated carbocycles. The molecule has 1 aromatic heterocycles. The molecule has 0 bridgehead atoms. The van der Waals surface area contributed by atoms with Crippen molar-refractivity contribution in [1.29, 1.82) is 0 Å². The third-order valence-electron chi connectivity index (χ3n) is 7.37. The molecule has 42 heavy (non-hydrogen) atoms. The minimum atomic E-state index is -4.56. The first-order valence-corrected chi connectivity index (χ1v) is 13.7. The van der Waals surface area contributed by atoms with Gasteiger partial charge in [-0.05, 0) is 61.5 Å². The summed E-state index contributed by atoms with van der Waals surface area (Å²) in [6.07, 6.45) is -2.91. The van der Waals surface area contributed by atoms with Gasteiger partial charge in [-0.3, -0.25) is 9.69 Å². The zero-order valence-electron chi connectivity index (χ0n) is 23.1. The smallest absolute Gasteiger partial charge is 0.383 e. The first-order valence-electron chi connectivity index (χ1n) is 13.4. The fourth-order valence-corrected chi connectivity index (χ4v) is 5.04. The number of likely N-dealkylation sites (N-methyl/N-ethyl adjacent to an activating group) is 1. The number of nitrogens with one attached hydrogen (secondary N) is 1.